The Hall–Kier alpha value is -1.83. The van der Waals surface area contributed by atoms with Crippen LogP contribution in [0.15, 0.2) is 18.2 Å². The number of benzene rings is 1. The summed E-state index contributed by atoms with van der Waals surface area (Å²) in [6.07, 6.45) is 0.918. The smallest absolute Gasteiger partial charge is 0.251 e. The number of carbonyl (C=O) groups excluding carboxylic acids is 1. The number of rotatable bonds is 5. The van der Waals surface area contributed by atoms with E-state index in [0.717, 1.165) is 24.1 Å². The van der Waals surface area contributed by atoms with Gasteiger partial charge >= 0.3 is 0 Å². The van der Waals surface area contributed by atoms with Gasteiger partial charge in [-0.2, -0.15) is 0 Å². The third-order valence-electron chi connectivity index (χ3n) is 2.95. The standard InChI is InChI=1S/C16H22N2O2/c1-13-14(8-5-12-19)7-4-9-15(13)16(20)17-10-6-11-18(2)3/h4,7,9,19H,6,10-12H2,1-3H3,(H,17,20). The fourth-order valence-corrected chi connectivity index (χ4v) is 1.84. The summed E-state index contributed by atoms with van der Waals surface area (Å²) in [5.74, 6) is 5.38. The first-order chi connectivity index (χ1) is 9.56. The molecule has 4 nitrogen and oxygen atoms in total. The molecule has 1 rings (SSSR count). The van der Waals surface area contributed by atoms with Crippen LogP contribution in [0.2, 0.25) is 0 Å². The maximum absolute atomic E-state index is 12.1. The lowest BCUT2D eigenvalue weighted by molar-refractivity contribution is 0.0951. The minimum absolute atomic E-state index is 0.0751. The van der Waals surface area contributed by atoms with Gasteiger partial charge in [-0.25, -0.2) is 0 Å². The molecule has 0 aliphatic heterocycles. The van der Waals surface area contributed by atoms with E-state index in [1.165, 1.54) is 0 Å². The first kappa shape index (κ1) is 16.2. The maximum atomic E-state index is 12.1. The van der Waals surface area contributed by atoms with Gasteiger partial charge in [-0.05, 0) is 51.7 Å². The Bertz CT molecular complexity index is 513. The predicted octanol–water partition coefficient (Wildman–Crippen LogP) is 1.02. The number of nitrogens with one attached hydrogen (secondary N) is 1. The average molecular weight is 274 g/mol. The van der Waals surface area contributed by atoms with Crippen LogP contribution < -0.4 is 5.32 Å². The molecule has 1 aromatic rings. The van der Waals surface area contributed by atoms with Crippen LogP contribution in [0.5, 0.6) is 0 Å². The number of hydrogen-bond donors (Lipinski definition) is 2. The SMILES string of the molecule is Cc1c(C#CCO)cccc1C(=O)NCCCN(C)C. The second-order valence-corrected chi connectivity index (χ2v) is 4.85. The lowest BCUT2D eigenvalue weighted by Gasteiger charge is -2.11. The molecule has 0 heterocycles. The van der Waals surface area contributed by atoms with E-state index in [1.54, 1.807) is 6.07 Å². The van der Waals surface area contributed by atoms with Crippen molar-refractivity contribution in [2.75, 3.05) is 33.8 Å². The highest BCUT2D eigenvalue weighted by Crippen LogP contribution is 2.12. The topological polar surface area (TPSA) is 52.6 Å². The number of hydrogen-bond acceptors (Lipinski definition) is 3. The Morgan fingerprint density at radius 2 is 2.15 bits per heavy atom. The van der Waals surface area contributed by atoms with Gasteiger partial charge in [-0.15, -0.1) is 0 Å². The molecule has 0 saturated carbocycles. The average Bonchev–Trinajstić information content (AvgIpc) is 2.42. The van der Waals surface area contributed by atoms with Gasteiger partial charge in [0.1, 0.15) is 6.61 Å². The molecule has 0 spiro atoms. The largest absolute Gasteiger partial charge is 0.384 e. The van der Waals surface area contributed by atoms with Gasteiger partial charge in [-0.1, -0.05) is 17.9 Å². The van der Waals surface area contributed by atoms with E-state index >= 15 is 0 Å². The van der Waals surface area contributed by atoms with Crippen molar-refractivity contribution in [2.24, 2.45) is 0 Å². The molecule has 0 radical (unpaired) electrons. The molecule has 20 heavy (non-hydrogen) atoms. The summed E-state index contributed by atoms with van der Waals surface area (Å²) < 4.78 is 0. The summed E-state index contributed by atoms with van der Waals surface area (Å²) in [4.78, 5) is 14.2. The van der Waals surface area contributed by atoms with E-state index in [1.807, 2.05) is 33.2 Å². The fourth-order valence-electron chi connectivity index (χ4n) is 1.84. The lowest BCUT2D eigenvalue weighted by Crippen LogP contribution is -2.27. The summed E-state index contributed by atoms with van der Waals surface area (Å²) in [6, 6.07) is 5.45. The highest BCUT2D eigenvalue weighted by atomic mass is 16.2. The van der Waals surface area contributed by atoms with Crippen LogP contribution in [0, 0.1) is 18.8 Å². The summed E-state index contributed by atoms with van der Waals surface area (Å²) in [6.45, 7) is 3.29. The van der Waals surface area contributed by atoms with E-state index in [-0.39, 0.29) is 12.5 Å². The quantitative estimate of drug-likeness (QED) is 0.622. The number of carbonyl (C=O) groups is 1. The van der Waals surface area contributed by atoms with Gasteiger partial charge in [-0.3, -0.25) is 4.79 Å². The third-order valence-corrected chi connectivity index (χ3v) is 2.95. The first-order valence-corrected chi connectivity index (χ1v) is 6.68. The van der Waals surface area contributed by atoms with Crippen molar-refractivity contribution < 1.29 is 9.90 Å². The van der Waals surface area contributed by atoms with E-state index in [4.69, 9.17) is 5.11 Å². The van der Waals surface area contributed by atoms with E-state index in [2.05, 4.69) is 22.1 Å². The molecule has 1 amide bonds. The Kier molecular flexibility index (Phi) is 6.78. The third kappa shape index (κ3) is 5.04. The van der Waals surface area contributed by atoms with Gasteiger partial charge in [0, 0.05) is 17.7 Å². The number of nitrogens with zero attached hydrogens (tertiary/aromatic N) is 1. The summed E-state index contributed by atoms with van der Waals surface area (Å²) >= 11 is 0. The van der Waals surface area contributed by atoms with Crippen LogP contribution in [-0.4, -0.2) is 49.7 Å². The summed E-state index contributed by atoms with van der Waals surface area (Å²) in [5, 5.41) is 11.6. The van der Waals surface area contributed by atoms with Crippen LogP contribution in [0.4, 0.5) is 0 Å². The molecule has 0 unspecified atom stereocenters. The molecule has 0 aliphatic carbocycles. The first-order valence-electron chi connectivity index (χ1n) is 6.68. The van der Waals surface area contributed by atoms with Crippen molar-refractivity contribution >= 4 is 5.91 Å². The Morgan fingerprint density at radius 3 is 2.80 bits per heavy atom. The van der Waals surface area contributed by atoms with E-state index < -0.39 is 0 Å². The van der Waals surface area contributed by atoms with Crippen LogP contribution in [-0.2, 0) is 0 Å². The normalized spacial score (nSPS) is 10.1. The number of aliphatic hydroxyl groups excluding tert-OH is 1. The molecular weight excluding hydrogens is 252 g/mol. The number of amides is 1. The van der Waals surface area contributed by atoms with Crippen LogP contribution >= 0.6 is 0 Å². The monoisotopic (exact) mass is 274 g/mol. The summed E-state index contributed by atoms with van der Waals surface area (Å²) in [5.41, 5.74) is 2.26. The van der Waals surface area contributed by atoms with Gasteiger partial charge in [0.05, 0.1) is 0 Å². The zero-order chi connectivity index (χ0) is 15.0. The molecular formula is C16H22N2O2. The minimum atomic E-state index is -0.180. The predicted molar refractivity (Wildman–Crippen MR) is 80.6 cm³/mol. The van der Waals surface area contributed by atoms with Crippen molar-refractivity contribution in [3.63, 3.8) is 0 Å². The second kappa shape index (κ2) is 8.36. The molecule has 0 saturated heterocycles. The van der Waals surface area contributed by atoms with Crippen molar-refractivity contribution in [3.05, 3.63) is 34.9 Å². The van der Waals surface area contributed by atoms with E-state index in [0.29, 0.717) is 12.1 Å². The summed E-state index contributed by atoms with van der Waals surface area (Å²) in [7, 11) is 4.02. The van der Waals surface area contributed by atoms with E-state index in [9.17, 15) is 4.79 Å². The molecule has 0 atom stereocenters. The second-order valence-electron chi connectivity index (χ2n) is 4.85. The van der Waals surface area contributed by atoms with Gasteiger partial charge < -0.3 is 15.3 Å². The zero-order valence-corrected chi connectivity index (χ0v) is 12.4. The van der Waals surface area contributed by atoms with Crippen molar-refractivity contribution in [1.29, 1.82) is 0 Å². The minimum Gasteiger partial charge on any atom is -0.384 e. The molecule has 1 aromatic carbocycles. The van der Waals surface area contributed by atoms with Crippen molar-refractivity contribution in [2.45, 2.75) is 13.3 Å². The molecule has 0 aliphatic rings. The maximum Gasteiger partial charge on any atom is 0.251 e. The number of aliphatic hydroxyl groups is 1. The zero-order valence-electron chi connectivity index (χ0n) is 12.4. The molecule has 0 aromatic heterocycles. The Labute approximate surface area is 120 Å². The van der Waals surface area contributed by atoms with Crippen molar-refractivity contribution in [3.8, 4) is 11.8 Å². The molecule has 4 heteroatoms. The lowest BCUT2D eigenvalue weighted by atomic mass is 10.0. The highest BCUT2D eigenvalue weighted by molar-refractivity contribution is 5.96. The Morgan fingerprint density at radius 1 is 1.40 bits per heavy atom. The highest BCUT2D eigenvalue weighted by Gasteiger charge is 2.10. The van der Waals surface area contributed by atoms with Gasteiger partial charge in [0.25, 0.3) is 5.91 Å². The van der Waals surface area contributed by atoms with Crippen LogP contribution in [0.1, 0.15) is 27.9 Å². The molecule has 108 valence electrons. The molecule has 0 bridgehead atoms. The van der Waals surface area contributed by atoms with Crippen LogP contribution in [0.25, 0.3) is 0 Å². The van der Waals surface area contributed by atoms with Crippen molar-refractivity contribution in [1.82, 2.24) is 10.2 Å². The molecule has 0 fully saturated rings. The van der Waals surface area contributed by atoms with Gasteiger partial charge in [0.15, 0.2) is 0 Å². The Balaban J connectivity index is 2.68. The van der Waals surface area contributed by atoms with Crippen LogP contribution in [0.3, 0.4) is 0 Å². The van der Waals surface area contributed by atoms with Gasteiger partial charge in [0.2, 0.25) is 0 Å². The fraction of sp³-hybridized carbons (Fsp3) is 0.438. The molecule has 2 N–H and O–H groups in total.